The van der Waals surface area contributed by atoms with Crippen LogP contribution in [0.2, 0.25) is 0 Å². The smallest absolute Gasteiger partial charge is 0.220 e. The summed E-state index contributed by atoms with van der Waals surface area (Å²) in [6.07, 6.45) is 3.01. The number of carbonyl (C=O) groups is 1. The van der Waals surface area contributed by atoms with Gasteiger partial charge < -0.3 is 15.0 Å². The van der Waals surface area contributed by atoms with Gasteiger partial charge >= 0.3 is 0 Å². The number of rotatable bonds is 6. The van der Waals surface area contributed by atoms with E-state index in [1.165, 1.54) is 22.2 Å². The third kappa shape index (κ3) is 3.70. The lowest BCUT2D eigenvalue weighted by molar-refractivity contribution is -0.121. The van der Waals surface area contributed by atoms with Crippen LogP contribution in [0, 0.1) is 13.8 Å². The van der Waals surface area contributed by atoms with Crippen LogP contribution < -0.4 is 10.1 Å². The van der Waals surface area contributed by atoms with E-state index in [-0.39, 0.29) is 11.9 Å². The van der Waals surface area contributed by atoms with Gasteiger partial charge in [0.05, 0.1) is 6.61 Å². The molecule has 4 nitrogen and oxygen atoms in total. The van der Waals surface area contributed by atoms with Crippen LogP contribution in [-0.2, 0) is 17.6 Å². The molecule has 0 bridgehead atoms. The maximum absolute atomic E-state index is 12.3. The Bertz CT molecular complexity index is 953. The summed E-state index contributed by atoms with van der Waals surface area (Å²) in [5.74, 6) is 1.05. The van der Waals surface area contributed by atoms with E-state index in [0.29, 0.717) is 13.0 Å². The number of aryl methyl sites for hydroxylation is 2. The topological polar surface area (TPSA) is 54.1 Å². The molecule has 4 rings (SSSR count). The van der Waals surface area contributed by atoms with E-state index >= 15 is 0 Å². The van der Waals surface area contributed by atoms with E-state index in [9.17, 15) is 4.79 Å². The third-order valence-electron chi connectivity index (χ3n) is 5.37. The lowest BCUT2D eigenvalue weighted by Crippen LogP contribution is -2.35. The summed E-state index contributed by atoms with van der Waals surface area (Å²) in [5, 5.41) is 4.47. The number of para-hydroxylation sites is 2. The molecule has 1 aliphatic rings. The van der Waals surface area contributed by atoms with Crippen LogP contribution in [0.3, 0.4) is 0 Å². The van der Waals surface area contributed by atoms with Crippen LogP contribution in [0.15, 0.2) is 42.5 Å². The van der Waals surface area contributed by atoms with Gasteiger partial charge in [-0.3, -0.25) is 4.79 Å². The van der Waals surface area contributed by atoms with Crippen LogP contribution in [-0.4, -0.2) is 23.5 Å². The molecular formula is C23H26N2O2. The molecule has 0 fully saturated rings. The zero-order valence-electron chi connectivity index (χ0n) is 16.0. The zero-order chi connectivity index (χ0) is 18.8. The average Bonchev–Trinajstić information content (AvgIpc) is 3.17. The average molecular weight is 362 g/mol. The Hall–Kier alpha value is -2.75. The summed E-state index contributed by atoms with van der Waals surface area (Å²) in [7, 11) is 0. The van der Waals surface area contributed by atoms with E-state index in [1.54, 1.807) is 0 Å². The first kappa shape index (κ1) is 17.7. The molecule has 1 aromatic heterocycles. The van der Waals surface area contributed by atoms with Gasteiger partial charge in [0.1, 0.15) is 5.75 Å². The van der Waals surface area contributed by atoms with Gasteiger partial charge in [-0.25, -0.2) is 0 Å². The molecule has 1 unspecified atom stereocenters. The SMILES string of the molecule is Cc1cccc(C)c1OCCCC(=O)NC1Cc2[nH]c3ccccc3c2C1. The third-order valence-corrected chi connectivity index (χ3v) is 5.37. The van der Waals surface area contributed by atoms with Gasteiger partial charge in [-0.15, -0.1) is 0 Å². The lowest BCUT2D eigenvalue weighted by Gasteiger charge is -2.14. The molecule has 27 heavy (non-hydrogen) atoms. The first-order chi connectivity index (χ1) is 13.1. The second-order valence-corrected chi connectivity index (χ2v) is 7.47. The minimum absolute atomic E-state index is 0.111. The molecular weight excluding hydrogens is 336 g/mol. The monoisotopic (exact) mass is 362 g/mol. The number of aromatic nitrogens is 1. The summed E-state index contributed by atoms with van der Waals surface area (Å²) in [6, 6.07) is 14.7. The van der Waals surface area contributed by atoms with Gasteiger partial charge in [-0.1, -0.05) is 36.4 Å². The minimum Gasteiger partial charge on any atom is -0.493 e. The fraction of sp³-hybridized carbons (Fsp3) is 0.348. The molecule has 2 aromatic carbocycles. The maximum Gasteiger partial charge on any atom is 0.220 e. The first-order valence-corrected chi connectivity index (χ1v) is 9.68. The lowest BCUT2D eigenvalue weighted by atomic mass is 10.1. The number of benzene rings is 2. The Morgan fingerprint density at radius 2 is 1.89 bits per heavy atom. The molecule has 4 heteroatoms. The van der Waals surface area contributed by atoms with Gasteiger partial charge in [0.15, 0.2) is 0 Å². The normalized spacial score (nSPS) is 15.7. The highest BCUT2D eigenvalue weighted by Crippen LogP contribution is 2.30. The van der Waals surface area contributed by atoms with Crippen molar-refractivity contribution in [2.24, 2.45) is 0 Å². The maximum atomic E-state index is 12.3. The van der Waals surface area contributed by atoms with Gasteiger partial charge in [0.25, 0.3) is 0 Å². The number of aromatic amines is 1. The Morgan fingerprint density at radius 3 is 2.70 bits per heavy atom. The van der Waals surface area contributed by atoms with Gasteiger partial charge in [0.2, 0.25) is 5.91 Å². The number of carbonyl (C=O) groups excluding carboxylic acids is 1. The molecule has 3 aromatic rings. The standard InChI is InChI=1S/C23H26N2O2/c1-15-7-5-8-16(2)23(15)27-12-6-11-22(26)24-17-13-19-18-9-3-4-10-20(18)25-21(19)14-17/h3-5,7-10,17,25H,6,11-14H2,1-2H3,(H,24,26). The van der Waals surface area contributed by atoms with Crippen LogP contribution >= 0.6 is 0 Å². The largest absolute Gasteiger partial charge is 0.493 e. The van der Waals surface area contributed by atoms with Crippen molar-refractivity contribution in [3.05, 3.63) is 64.8 Å². The number of H-pyrrole nitrogens is 1. The van der Waals surface area contributed by atoms with E-state index in [1.807, 2.05) is 38.1 Å². The van der Waals surface area contributed by atoms with Gasteiger partial charge in [0, 0.05) is 35.5 Å². The highest BCUT2D eigenvalue weighted by atomic mass is 16.5. The van der Waals surface area contributed by atoms with E-state index in [4.69, 9.17) is 4.74 Å². The summed E-state index contributed by atoms with van der Waals surface area (Å²) < 4.78 is 5.89. The van der Waals surface area contributed by atoms with Crippen molar-refractivity contribution in [3.63, 3.8) is 0 Å². The summed E-state index contributed by atoms with van der Waals surface area (Å²) in [6.45, 7) is 4.66. The summed E-state index contributed by atoms with van der Waals surface area (Å²) >= 11 is 0. The van der Waals surface area contributed by atoms with Crippen LogP contribution in [0.4, 0.5) is 0 Å². The van der Waals surface area contributed by atoms with E-state index in [0.717, 1.165) is 36.1 Å². The van der Waals surface area contributed by atoms with Gasteiger partial charge in [-0.05, 0) is 49.4 Å². The Morgan fingerprint density at radius 1 is 1.11 bits per heavy atom. The van der Waals surface area contributed by atoms with E-state index < -0.39 is 0 Å². The molecule has 0 saturated heterocycles. The molecule has 0 radical (unpaired) electrons. The molecule has 140 valence electrons. The number of fused-ring (bicyclic) bond motifs is 3. The second kappa shape index (κ2) is 7.47. The van der Waals surface area contributed by atoms with E-state index in [2.05, 4.69) is 28.5 Å². The Labute approximate surface area is 159 Å². The highest BCUT2D eigenvalue weighted by molar-refractivity contribution is 5.85. The van der Waals surface area contributed by atoms with Crippen molar-refractivity contribution in [1.82, 2.24) is 10.3 Å². The summed E-state index contributed by atoms with van der Waals surface area (Å²) in [5.41, 5.74) is 6.09. The number of hydrogen-bond acceptors (Lipinski definition) is 2. The predicted molar refractivity (Wildman–Crippen MR) is 108 cm³/mol. The van der Waals surface area contributed by atoms with Crippen molar-refractivity contribution < 1.29 is 9.53 Å². The minimum atomic E-state index is 0.111. The number of nitrogens with one attached hydrogen (secondary N) is 2. The van der Waals surface area contributed by atoms with Crippen molar-refractivity contribution in [3.8, 4) is 5.75 Å². The van der Waals surface area contributed by atoms with Crippen LogP contribution in [0.5, 0.6) is 5.75 Å². The number of amides is 1. The fourth-order valence-corrected chi connectivity index (χ4v) is 4.06. The molecule has 0 aliphatic heterocycles. The quantitative estimate of drug-likeness (QED) is 0.645. The molecule has 1 amide bonds. The number of ether oxygens (including phenoxy) is 1. The number of hydrogen-bond donors (Lipinski definition) is 2. The Balaban J connectivity index is 1.24. The molecule has 0 spiro atoms. The van der Waals surface area contributed by atoms with Crippen molar-refractivity contribution in [2.45, 2.75) is 45.6 Å². The Kier molecular flexibility index (Phi) is 4.88. The zero-order valence-corrected chi connectivity index (χ0v) is 16.0. The van der Waals surface area contributed by atoms with Crippen molar-refractivity contribution in [2.75, 3.05) is 6.61 Å². The molecule has 1 atom stereocenters. The van der Waals surface area contributed by atoms with Crippen LogP contribution in [0.1, 0.15) is 35.2 Å². The second-order valence-electron chi connectivity index (χ2n) is 7.47. The molecule has 1 aliphatic carbocycles. The van der Waals surface area contributed by atoms with Crippen molar-refractivity contribution in [1.29, 1.82) is 0 Å². The fourth-order valence-electron chi connectivity index (χ4n) is 4.06. The van der Waals surface area contributed by atoms with Crippen molar-refractivity contribution >= 4 is 16.8 Å². The molecule has 1 heterocycles. The molecule has 2 N–H and O–H groups in total. The summed E-state index contributed by atoms with van der Waals surface area (Å²) in [4.78, 5) is 15.8. The molecule has 0 saturated carbocycles. The first-order valence-electron chi connectivity index (χ1n) is 9.68. The predicted octanol–water partition coefficient (Wildman–Crippen LogP) is 4.23. The highest BCUT2D eigenvalue weighted by Gasteiger charge is 2.26. The van der Waals surface area contributed by atoms with Gasteiger partial charge in [-0.2, -0.15) is 0 Å². The van der Waals surface area contributed by atoms with Crippen LogP contribution in [0.25, 0.3) is 10.9 Å².